The van der Waals surface area contributed by atoms with Gasteiger partial charge in [-0.15, -0.1) is 0 Å². The highest BCUT2D eigenvalue weighted by atomic mass is 16.3. The lowest BCUT2D eigenvalue weighted by Gasteiger charge is -2.20. The molecule has 2 atom stereocenters. The van der Waals surface area contributed by atoms with Crippen LogP contribution in [0.1, 0.15) is 296 Å². The van der Waals surface area contributed by atoms with Gasteiger partial charge in [0.05, 0.1) is 18.8 Å². The molecule has 0 rings (SSSR count). The summed E-state index contributed by atoms with van der Waals surface area (Å²) in [5.41, 5.74) is 0. The minimum atomic E-state index is -0.862. The third kappa shape index (κ3) is 61.4. The molecule has 1 amide bonds. The van der Waals surface area contributed by atoms with E-state index in [2.05, 4.69) is 141 Å². The van der Waals surface area contributed by atoms with E-state index in [1.807, 2.05) is 6.08 Å². The molecule has 0 saturated carbocycles. The normalized spacial score (nSPS) is 13.7. The van der Waals surface area contributed by atoms with Crippen LogP contribution in [-0.2, 0) is 4.79 Å². The molecule has 0 aliphatic heterocycles. The zero-order valence-electron chi connectivity index (χ0n) is 50.0. The maximum absolute atomic E-state index is 12.5. The molecule has 0 aromatic carbocycles. The first-order valence-corrected chi connectivity index (χ1v) is 32.4. The van der Waals surface area contributed by atoms with E-state index < -0.39 is 12.1 Å². The molecular weight excluding hydrogens is 927 g/mol. The van der Waals surface area contributed by atoms with Crippen LogP contribution in [0.2, 0.25) is 0 Å². The van der Waals surface area contributed by atoms with Crippen molar-refractivity contribution in [3.05, 3.63) is 134 Å². The van der Waals surface area contributed by atoms with E-state index in [-0.39, 0.29) is 12.5 Å². The van der Waals surface area contributed by atoms with Crippen molar-refractivity contribution < 1.29 is 15.0 Å². The summed E-state index contributed by atoms with van der Waals surface area (Å²) in [5, 5.41) is 23.2. The van der Waals surface area contributed by atoms with E-state index in [0.717, 1.165) is 109 Å². The van der Waals surface area contributed by atoms with Gasteiger partial charge in [-0.2, -0.15) is 0 Å². The van der Waals surface area contributed by atoms with Gasteiger partial charge < -0.3 is 15.5 Å². The fourth-order valence-electron chi connectivity index (χ4n) is 9.27. The van der Waals surface area contributed by atoms with Gasteiger partial charge in [0.1, 0.15) is 0 Å². The topological polar surface area (TPSA) is 69.6 Å². The van der Waals surface area contributed by atoms with Gasteiger partial charge in [-0.3, -0.25) is 4.79 Å². The number of rotatable bonds is 58. The van der Waals surface area contributed by atoms with Crippen molar-refractivity contribution >= 4 is 5.91 Å². The van der Waals surface area contributed by atoms with Crippen LogP contribution in [0.5, 0.6) is 0 Å². The number of unbranched alkanes of at least 4 members (excludes halogenated alkanes) is 31. The van der Waals surface area contributed by atoms with Crippen molar-refractivity contribution in [2.45, 2.75) is 309 Å². The fourth-order valence-corrected chi connectivity index (χ4v) is 9.27. The number of amides is 1. The van der Waals surface area contributed by atoms with Crippen LogP contribution in [0.25, 0.3) is 0 Å². The third-order valence-corrected chi connectivity index (χ3v) is 14.1. The summed E-state index contributed by atoms with van der Waals surface area (Å²) in [5.74, 6) is -0.0908. The van der Waals surface area contributed by atoms with Crippen LogP contribution < -0.4 is 5.32 Å². The molecule has 0 bridgehead atoms. The fraction of sp³-hybridized carbons (Fsp3) is 0.681. The molecule has 0 spiro atoms. The molecule has 4 nitrogen and oxygen atoms in total. The average molecular weight is 1050 g/mol. The molecule has 4 heteroatoms. The lowest BCUT2D eigenvalue weighted by atomic mass is 10.0. The molecule has 0 aromatic heterocycles. The second-order valence-electron chi connectivity index (χ2n) is 21.5. The Hall–Kier alpha value is -3.47. The van der Waals surface area contributed by atoms with Crippen molar-refractivity contribution in [3.8, 4) is 0 Å². The Morgan fingerprint density at radius 3 is 0.868 bits per heavy atom. The van der Waals surface area contributed by atoms with Crippen molar-refractivity contribution in [1.82, 2.24) is 5.32 Å². The molecular formula is C72H123NO3. The standard InChI is InChI=1S/C72H123NO3/c1-3-5-7-9-11-13-15-17-19-21-23-25-27-29-31-33-34-35-36-37-38-40-42-44-46-48-50-52-54-56-58-60-62-64-66-68-72(76)73-70(69-74)71(75)67-65-63-61-59-57-55-53-51-49-47-45-43-41-39-32-30-28-26-24-22-20-18-16-14-12-10-8-6-4-2/h5,7,11,13,17,19,23,25,29,31,34-35,37-38,42,44,48,50,54,56,65,67,70-71,74-75H,3-4,6,8-10,12,14-16,18,20-22,24,26-28,30,32-33,36,39-41,43,45-47,49,51-53,55,57-64,66,68-69H2,1-2H3,(H,73,76)/b7-5-,13-11-,19-17-,25-23-,31-29-,35-34-,38-37-,44-42-,50-48-,56-54-,67-65+. The summed E-state index contributed by atoms with van der Waals surface area (Å²) < 4.78 is 0. The first-order chi connectivity index (χ1) is 37.7. The number of nitrogens with one attached hydrogen (secondary N) is 1. The Kier molecular flexibility index (Phi) is 62.8. The highest BCUT2D eigenvalue weighted by Crippen LogP contribution is 2.17. The number of aliphatic hydroxyl groups excluding tert-OH is 2. The van der Waals surface area contributed by atoms with Gasteiger partial charge in [0.25, 0.3) is 0 Å². The predicted molar refractivity (Wildman–Crippen MR) is 340 cm³/mol. The molecule has 76 heavy (non-hydrogen) atoms. The Bertz CT molecular complexity index is 1520. The number of allylic oxidation sites excluding steroid dienone is 21. The Morgan fingerprint density at radius 1 is 0.329 bits per heavy atom. The molecule has 0 heterocycles. The lowest BCUT2D eigenvalue weighted by molar-refractivity contribution is -0.123. The smallest absolute Gasteiger partial charge is 0.220 e. The predicted octanol–water partition coefficient (Wildman–Crippen LogP) is 22.1. The van der Waals surface area contributed by atoms with Crippen LogP contribution in [-0.4, -0.2) is 34.9 Å². The van der Waals surface area contributed by atoms with Gasteiger partial charge in [-0.25, -0.2) is 0 Å². The summed E-state index contributed by atoms with van der Waals surface area (Å²) >= 11 is 0. The lowest BCUT2D eigenvalue weighted by Crippen LogP contribution is -2.45. The van der Waals surface area contributed by atoms with Gasteiger partial charge in [-0.05, 0) is 96.3 Å². The Morgan fingerprint density at radius 2 is 0.579 bits per heavy atom. The van der Waals surface area contributed by atoms with E-state index in [0.29, 0.717) is 6.42 Å². The zero-order chi connectivity index (χ0) is 54.8. The number of carbonyl (C=O) groups is 1. The molecule has 0 aromatic rings. The van der Waals surface area contributed by atoms with Gasteiger partial charge in [0, 0.05) is 6.42 Å². The second-order valence-corrected chi connectivity index (χ2v) is 21.5. The summed E-state index contributed by atoms with van der Waals surface area (Å²) in [4.78, 5) is 12.5. The molecule has 0 saturated heterocycles. The molecule has 3 N–H and O–H groups in total. The molecule has 0 aliphatic rings. The van der Waals surface area contributed by atoms with Crippen LogP contribution >= 0.6 is 0 Å². The SMILES string of the molecule is CC/C=C\C/C=C\C/C=C\C/C=C\C/C=C\C/C=C\C/C=C\C/C=C\C/C=C\C/C=C\CCCCCCC(=O)NC(CO)C(O)/C=C/CCCCCCCCCCCCCCCCCCCCCCCCCCCCC. The quantitative estimate of drug-likeness (QED) is 0.0420. The maximum atomic E-state index is 12.5. The first-order valence-electron chi connectivity index (χ1n) is 32.4. The minimum absolute atomic E-state index is 0.0908. The van der Waals surface area contributed by atoms with Crippen LogP contribution in [0, 0.1) is 0 Å². The van der Waals surface area contributed by atoms with Crippen LogP contribution in [0.4, 0.5) is 0 Å². The minimum Gasteiger partial charge on any atom is -0.394 e. The van der Waals surface area contributed by atoms with Crippen molar-refractivity contribution in [2.75, 3.05) is 6.61 Å². The zero-order valence-corrected chi connectivity index (χ0v) is 50.0. The number of hydrogen-bond acceptors (Lipinski definition) is 3. The van der Waals surface area contributed by atoms with Gasteiger partial charge in [-0.1, -0.05) is 327 Å². The Labute approximate surface area is 472 Å². The van der Waals surface area contributed by atoms with Crippen LogP contribution in [0.3, 0.4) is 0 Å². The van der Waals surface area contributed by atoms with Gasteiger partial charge in [0.15, 0.2) is 0 Å². The van der Waals surface area contributed by atoms with Crippen molar-refractivity contribution in [2.24, 2.45) is 0 Å². The largest absolute Gasteiger partial charge is 0.394 e. The van der Waals surface area contributed by atoms with E-state index in [9.17, 15) is 15.0 Å². The van der Waals surface area contributed by atoms with E-state index in [1.54, 1.807) is 6.08 Å². The molecule has 0 fully saturated rings. The van der Waals surface area contributed by atoms with Crippen LogP contribution in [0.15, 0.2) is 134 Å². The van der Waals surface area contributed by atoms with Crippen molar-refractivity contribution in [3.63, 3.8) is 0 Å². The highest BCUT2D eigenvalue weighted by molar-refractivity contribution is 5.76. The van der Waals surface area contributed by atoms with Gasteiger partial charge in [0.2, 0.25) is 5.91 Å². The number of hydrogen-bond donors (Lipinski definition) is 3. The summed E-state index contributed by atoms with van der Waals surface area (Å²) in [6, 6.07) is -0.648. The van der Waals surface area contributed by atoms with E-state index in [4.69, 9.17) is 0 Å². The maximum Gasteiger partial charge on any atom is 0.220 e. The molecule has 434 valence electrons. The third-order valence-electron chi connectivity index (χ3n) is 14.1. The highest BCUT2D eigenvalue weighted by Gasteiger charge is 2.18. The van der Waals surface area contributed by atoms with Crippen molar-refractivity contribution in [1.29, 1.82) is 0 Å². The molecule has 2 unspecified atom stereocenters. The average Bonchev–Trinajstić information content (AvgIpc) is 3.42. The van der Waals surface area contributed by atoms with E-state index in [1.165, 1.54) is 167 Å². The van der Waals surface area contributed by atoms with E-state index >= 15 is 0 Å². The molecule has 0 radical (unpaired) electrons. The summed E-state index contributed by atoms with van der Waals surface area (Å²) in [7, 11) is 0. The molecule has 0 aliphatic carbocycles. The monoisotopic (exact) mass is 1050 g/mol. The number of aliphatic hydroxyl groups is 2. The van der Waals surface area contributed by atoms with Gasteiger partial charge >= 0.3 is 0 Å². The summed E-state index contributed by atoms with van der Waals surface area (Å²) in [6.07, 6.45) is 102. The summed E-state index contributed by atoms with van der Waals surface area (Å²) in [6.45, 7) is 4.20. The first kappa shape index (κ1) is 72.5. The second kappa shape index (κ2) is 65.8. The number of carbonyl (C=O) groups excluding carboxylic acids is 1. The Balaban J connectivity index is 3.62.